The van der Waals surface area contributed by atoms with Gasteiger partial charge in [-0.05, 0) is 49.6 Å². The lowest BCUT2D eigenvalue weighted by atomic mass is 9.96. The maximum Gasteiger partial charge on any atom is 0.238 e. The molecular formula is C23H27FN4O. The molecule has 0 unspecified atom stereocenters. The molecule has 0 saturated carbocycles. The van der Waals surface area contributed by atoms with E-state index in [-0.39, 0.29) is 30.2 Å². The molecule has 0 bridgehead atoms. The molecule has 1 atom stereocenters. The van der Waals surface area contributed by atoms with E-state index in [4.69, 9.17) is 0 Å². The highest BCUT2D eigenvalue weighted by atomic mass is 19.1. The number of amides is 1. The first-order chi connectivity index (χ1) is 13.9. The van der Waals surface area contributed by atoms with Crippen LogP contribution in [0.2, 0.25) is 0 Å². The van der Waals surface area contributed by atoms with Crippen molar-refractivity contribution in [1.82, 2.24) is 15.1 Å². The predicted octanol–water partition coefficient (Wildman–Crippen LogP) is 4.55. The van der Waals surface area contributed by atoms with E-state index in [9.17, 15) is 9.18 Å². The number of para-hydroxylation sites is 1. The topological polar surface area (TPSA) is 59.0 Å². The van der Waals surface area contributed by atoms with Crippen molar-refractivity contribution in [2.75, 3.05) is 11.9 Å². The van der Waals surface area contributed by atoms with Crippen molar-refractivity contribution in [1.29, 1.82) is 0 Å². The third-order valence-electron chi connectivity index (χ3n) is 4.93. The molecule has 2 aromatic carbocycles. The number of nitrogens with zero attached hydrogens (tertiary/aromatic N) is 2. The number of benzene rings is 2. The lowest BCUT2D eigenvalue weighted by molar-refractivity contribution is -0.115. The van der Waals surface area contributed by atoms with Gasteiger partial charge in [-0.15, -0.1) is 0 Å². The van der Waals surface area contributed by atoms with Gasteiger partial charge in [-0.1, -0.05) is 44.2 Å². The molecular weight excluding hydrogens is 367 g/mol. The smallest absolute Gasteiger partial charge is 0.238 e. The van der Waals surface area contributed by atoms with E-state index in [1.54, 1.807) is 12.1 Å². The maximum absolute atomic E-state index is 13.2. The predicted molar refractivity (Wildman–Crippen MR) is 114 cm³/mol. The summed E-state index contributed by atoms with van der Waals surface area (Å²) in [6, 6.07) is 16.2. The van der Waals surface area contributed by atoms with E-state index in [0.29, 0.717) is 0 Å². The first-order valence-electron chi connectivity index (χ1n) is 9.77. The Morgan fingerprint density at radius 1 is 1.07 bits per heavy atom. The highest BCUT2D eigenvalue weighted by Gasteiger charge is 2.19. The number of hydrogen-bond acceptors (Lipinski definition) is 3. The Labute approximate surface area is 170 Å². The Kier molecular flexibility index (Phi) is 6.44. The van der Waals surface area contributed by atoms with Crippen LogP contribution in [-0.4, -0.2) is 22.2 Å². The number of anilines is 1. The molecule has 1 amide bonds. The van der Waals surface area contributed by atoms with Gasteiger partial charge in [0.25, 0.3) is 0 Å². The molecule has 3 rings (SSSR count). The summed E-state index contributed by atoms with van der Waals surface area (Å²) in [5.74, 6) is -0.162. The maximum atomic E-state index is 13.2. The van der Waals surface area contributed by atoms with E-state index in [0.717, 1.165) is 28.3 Å². The molecule has 0 aliphatic carbocycles. The van der Waals surface area contributed by atoms with Gasteiger partial charge < -0.3 is 10.6 Å². The molecule has 1 aromatic heterocycles. The number of aromatic nitrogens is 2. The summed E-state index contributed by atoms with van der Waals surface area (Å²) in [5.41, 5.74) is 4.27. The Morgan fingerprint density at radius 3 is 2.34 bits per heavy atom. The van der Waals surface area contributed by atoms with Gasteiger partial charge in [0.15, 0.2) is 0 Å². The summed E-state index contributed by atoms with van der Waals surface area (Å²) < 4.78 is 15.0. The van der Waals surface area contributed by atoms with Crippen LogP contribution in [0.5, 0.6) is 0 Å². The Bertz CT molecular complexity index is 965. The van der Waals surface area contributed by atoms with Gasteiger partial charge in [-0.25, -0.2) is 9.07 Å². The summed E-state index contributed by atoms with van der Waals surface area (Å²) in [4.78, 5) is 12.6. The molecule has 0 radical (unpaired) electrons. The molecule has 0 saturated heterocycles. The van der Waals surface area contributed by atoms with Gasteiger partial charge >= 0.3 is 0 Å². The Hall–Kier alpha value is -2.99. The number of hydrogen-bond donors (Lipinski definition) is 2. The number of rotatable bonds is 7. The second-order valence-electron chi connectivity index (χ2n) is 7.50. The number of nitrogens with one attached hydrogen (secondary N) is 2. The average molecular weight is 394 g/mol. The number of carbonyl (C=O) groups excluding carboxylic acids is 1. The standard InChI is InChI=1S/C23H27FN4O/c1-15(2)22(18-10-12-19(24)13-11-18)25-14-21(29)26-23-16(3)27-28(17(23)4)20-8-6-5-7-9-20/h5-13,15,22,25H,14H2,1-4H3,(H,26,29)/t22-/m1/s1. The molecule has 29 heavy (non-hydrogen) atoms. The zero-order valence-electron chi connectivity index (χ0n) is 17.2. The lowest BCUT2D eigenvalue weighted by Crippen LogP contribution is -2.33. The van der Waals surface area contributed by atoms with Crippen molar-refractivity contribution in [3.8, 4) is 5.69 Å². The average Bonchev–Trinajstić information content (AvgIpc) is 2.98. The van der Waals surface area contributed by atoms with E-state index in [1.807, 2.05) is 48.9 Å². The summed E-state index contributed by atoms with van der Waals surface area (Å²) >= 11 is 0. The minimum Gasteiger partial charge on any atom is -0.322 e. The SMILES string of the molecule is Cc1nn(-c2ccccc2)c(C)c1NC(=O)CN[C@@H](c1ccc(F)cc1)C(C)C. The van der Waals surface area contributed by atoms with Crippen LogP contribution in [0.15, 0.2) is 54.6 Å². The Morgan fingerprint density at radius 2 is 1.72 bits per heavy atom. The molecule has 0 aliphatic rings. The molecule has 0 aliphatic heterocycles. The van der Waals surface area contributed by atoms with Gasteiger partial charge in [-0.3, -0.25) is 4.79 Å². The number of carbonyl (C=O) groups is 1. The molecule has 152 valence electrons. The summed E-state index contributed by atoms with van der Waals surface area (Å²) in [6.45, 7) is 8.10. The second-order valence-corrected chi connectivity index (χ2v) is 7.50. The largest absolute Gasteiger partial charge is 0.322 e. The van der Waals surface area contributed by atoms with Crippen LogP contribution < -0.4 is 10.6 Å². The van der Waals surface area contributed by atoms with Crippen LogP contribution in [0.4, 0.5) is 10.1 Å². The minimum absolute atomic E-state index is 0.0458. The summed E-state index contributed by atoms with van der Waals surface area (Å²) in [5, 5.41) is 10.8. The third kappa shape index (κ3) is 4.90. The van der Waals surface area contributed by atoms with Gasteiger partial charge in [-0.2, -0.15) is 5.10 Å². The van der Waals surface area contributed by atoms with E-state index in [2.05, 4.69) is 29.6 Å². The van der Waals surface area contributed by atoms with Crippen LogP contribution in [0.25, 0.3) is 5.69 Å². The zero-order valence-corrected chi connectivity index (χ0v) is 17.2. The molecule has 3 aromatic rings. The van der Waals surface area contributed by atoms with E-state index < -0.39 is 0 Å². The monoisotopic (exact) mass is 394 g/mol. The van der Waals surface area contributed by atoms with Crippen molar-refractivity contribution in [3.05, 3.63) is 77.4 Å². The van der Waals surface area contributed by atoms with E-state index in [1.165, 1.54) is 12.1 Å². The first kappa shape index (κ1) is 20.7. The quantitative estimate of drug-likeness (QED) is 0.618. The van der Waals surface area contributed by atoms with Crippen molar-refractivity contribution >= 4 is 11.6 Å². The van der Waals surface area contributed by atoms with Crippen molar-refractivity contribution in [2.24, 2.45) is 5.92 Å². The van der Waals surface area contributed by atoms with Crippen LogP contribution in [0.3, 0.4) is 0 Å². The van der Waals surface area contributed by atoms with E-state index >= 15 is 0 Å². The highest BCUT2D eigenvalue weighted by molar-refractivity contribution is 5.93. The molecule has 5 nitrogen and oxygen atoms in total. The molecule has 0 fully saturated rings. The normalized spacial score (nSPS) is 12.2. The second kappa shape index (κ2) is 9.01. The van der Waals surface area contributed by atoms with Crippen LogP contribution >= 0.6 is 0 Å². The zero-order chi connectivity index (χ0) is 21.0. The molecule has 6 heteroatoms. The van der Waals surface area contributed by atoms with Crippen molar-refractivity contribution in [3.63, 3.8) is 0 Å². The van der Waals surface area contributed by atoms with Crippen LogP contribution in [-0.2, 0) is 4.79 Å². The number of halogens is 1. The van der Waals surface area contributed by atoms with Gasteiger partial charge in [0.05, 0.1) is 29.3 Å². The van der Waals surface area contributed by atoms with Crippen molar-refractivity contribution in [2.45, 2.75) is 33.7 Å². The fraction of sp³-hybridized carbons (Fsp3) is 0.304. The fourth-order valence-electron chi connectivity index (χ4n) is 3.44. The minimum atomic E-state index is -0.268. The van der Waals surface area contributed by atoms with Crippen LogP contribution in [0, 0.1) is 25.6 Å². The van der Waals surface area contributed by atoms with Gasteiger partial charge in [0.2, 0.25) is 5.91 Å². The highest BCUT2D eigenvalue weighted by Crippen LogP contribution is 2.24. The van der Waals surface area contributed by atoms with Gasteiger partial charge in [0.1, 0.15) is 5.82 Å². The summed E-state index contributed by atoms with van der Waals surface area (Å²) in [7, 11) is 0. The Balaban J connectivity index is 1.69. The third-order valence-corrected chi connectivity index (χ3v) is 4.93. The van der Waals surface area contributed by atoms with Crippen molar-refractivity contribution < 1.29 is 9.18 Å². The lowest BCUT2D eigenvalue weighted by Gasteiger charge is -2.23. The molecule has 1 heterocycles. The van der Waals surface area contributed by atoms with Crippen LogP contribution in [0.1, 0.15) is 36.8 Å². The fourth-order valence-corrected chi connectivity index (χ4v) is 3.44. The molecule has 2 N–H and O–H groups in total. The number of aryl methyl sites for hydroxylation is 1. The van der Waals surface area contributed by atoms with Gasteiger partial charge in [0, 0.05) is 6.04 Å². The molecule has 0 spiro atoms. The first-order valence-corrected chi connectivity index (χ1v) is 9.77. The summed E-state index contributed by atoms with van der Waals surface area (Å²) in [6.07, 6.45) is 0.